The molecule has 2 aliphatic rings. The molecule has 1 aromatic rings. The summed E-state index contributed by atoms with van der Waals surface area (Å²) < 4.78 is 13.9. The van der Waals surface area contributed by atoms with Gasteiger partial charge in [-0.15, -0.1) is 0 Å². The molecule has 2 saturated carbocycles. The van der Waals surface area contributed by atoms with Gasteiger partial charge < -0.3 is 0 Å². The number of halogens is 1. The molecule has 0 spiro atoms. The second kappa shape index (κ2) is 7.40. The highest BCUT2D eigenvalue weighted by atomic mass is 28.2. The molecule has 1 nitrogen and oxygen atoms in total. The minimum Gasteiger partial charge on any atom is -0.206 e. The topological polar surface area (TPSA) is 23.8 Å². The van der Waals surface area contributed by atoms with Crippen molar-refractivity contribution in [1.29, 1.82) is 5.26 Å². The Morgan fingerprint density at radius 2 is 1.79 bits per heavy atom. The van der Waals surface area contributed by atoms with E-state index in [9.17, 15) is 4.39 Å². The van der Waals surface area contributed by atoms with Gasteiger partial charge >= 0.3 is 0 Å². The predicted octanol–water partition coefficient (Wildman–Crippen LogP) is 5.56. The van der Waals surface area contributed by atoms with Crippen molar-refractivity contribution in [2.75, 3.05) is 0 Å². The van der Waals surface area contributed by atoms with Gasteiger partial charge in [0.05, 0.1) is 5.56 Å². The summed E-state index contributed by atoms with van der Waals surface area (Å²) in [5.74, 6) is 0.981. The lowest BCUT2D eigenvalue weighted by molar-refractivity contribution is 0.0825. The van der Waals surface area contributed by atoms with E-state index >= 15 is 0 Å². The van der Waals surface area contributed by atoms with Gasteiger partial charge in [-0.2, -0.15) is 5.26 Å². The molecule has 0 radical (unpaired) electrons. The third-order valence-electron chi connectivity index (χ3n) is 7.12. The molecular formula is C21H30FNSi. The average molecular weight is 344 g/mol. The van der Waals surface area contributed by atoms with Crippen LogP contribution in [0.5, 0.6) is 0 Å². The molecule has 0 amide bonds. The summed E-state index contributed by atoms with van der Waals surface area (Å²) in [6, 6.07) is 7.13. The maximum absolute atomic E-state index is 13.9. The summed E-state index contributed by atoms with van der Waals surface area (Å²) in [4.78, 5) is 0. The quantitative estimate of drug-likeness (QED) is 0.659. The Morgan fingerprint density at radius 3 is 2.33 bits per heavy atom. The van der Waals surface area contributed by atoms with Gasteiger partial charge in [0, 0.05) is 9.52 Å². The van der Waals surface area contributed by atoms with Crippen LogP contribution in [0.15, 0.2) is 18.2 Å². The first-order valence-corrected chi connectivity index (χ1v) is 12.0. The van der Waals surface area contributed by atoms with Crippen LogP contribution >= 0.6 is 0 Å². The monoisotopic (exact) mass is 343 g/mol. The molecule has 2 fully saturated rings. The van der Waals surface area contributed by atoms with Gasteiger partial charge in [0.25, 0.3) is 0 Å². The largest absolute Gasteiger partial charge is 0.206 e. The molecule has 0 aliphatic heterocycles. The van der Waals surface area contributed by atoms with Crippen LogP contribution in [-0.2, 0) is 0 Å². The standard InChI is InChI=1S/C21H30FNSi/c1-21(11-9-19(24-2)10-12-21)18-7-5-15(6-8-18)16-3-4-17(14-23)20(22)13-16/h3-4,13,15,18-19H,5-12,24H2,1-2H3/t15?,18?,19-,21-. The van der Waals surface area contributed by atoms with E-state index in [1.807, 2.05) is 12.1 Å². The molecule has 0 atom stereocenters. The molecule has 3 heteroatoms. The normalized spacial score (nSPS) is 34.3. The fourth-order valence-corrected chi connectivity index (χ4v) is 6.38. The number of benzene rings is 1. The van der Waals surface area contributed by atoms with Crippen molar-refractivity contribution in [2.24, 2.45) is 11.3 Å². The lowest BCUT2D eigenvalue weighted by Gasteiger charge is -2.46. The third kappa shape index (κ3) is 3.59. The maximum atomic E-state index is 13.9. The highest BCUT2D eigenvalue weighted by Gasteiger charge is 2.39. The van der Waals surface area contributed by atoms with Gasteiger partial charge in [0.1, 0.15) is 11.9 Å². The fraction of sp³-hybridized carbons (Fsp3) is 0.667. The molecule has 0 bridgehead atoms. The Labute approximate surface area is 148 Å². The smallest absolute Gasteiger partial charge is 0.141 e. The van der Waals surface area contributed by atoms with Gasteiger partial charge in [0.15, 0.2) is 0 Å². The maximum Gasteiger partial charge on any atom is 0.141 e. The number of nitrogens with zero attached hydrogens (tertiary/aromatic N) is 1. The van der Waals surface area contributed by atoms with E-state index in [1.165, 1.54) is 51.4 Å². The molecule has 0 N–H and O–H groups in total. The Hall–Kier alpha value is -1.14. The summed E-state index contributed by atoms with van der Waals surface area (Å²) in [7, 11) is 0.180. The fourth-order valence-electron chi connectivity index (χ4n) is 5.15. The van der Waals surface area contributed by atoms with Gasteiger partial charge in [-0.05, 0) is 73.5 Å². The molecule has 1 aromatic carbocycles. The van der Waals surface area contributed by atoms with E-state index in [0.717, 1.165) is 17.0 Å². The molecular weight excluding hydrogens is 313 g/mol. The average Bonchev–Trinajstić information content (AvgIpc) is 2.62. The number of hydrogen-bond acceptors (Lipinski definition) is 1. The summed E-state index contributed by atoms with van der Waals surface area (Å²) >= 11 is 0. The first-order chi connectivity index (χ1) is 11.6. The summed E-state index contributed by atoms with van der Waals surface area (Å²) in [5.41, 5.74) is 2.91. The van der Waals surface area contributed by atoms with Crippen LogP contribution in [0.2, 0.25) is 12.1 Å². The molecule has 3 rings (SSSR count). The van der Waals surface area contributed by atoms with Crippen molar-refractivity contribution in [3.05, 3.63) is 35.1 Å². The van der Waals surface area contributed by atoms with Gasteiger partial charge in [-0.1, -0.05) is 37.9 Å². The van der Waals surface area contributed by atoms with E-state index in [-0.39, 0.29) is 20.9 Å². The van der Waals surface area contributed by atoms with Crippen molar-refractivity contribution in [3.63, 3.8) is 0 Å². The van der Waals surface area contributed by atoms with Crippen LogP contribution in [0, 0.1) is 28.5 Å². The van der Waals surface area contributed by atoms with Gasteiger partial charge in [-0.3, -0.25) is 0 Å². The SMILES string of the molecule is C[SiH2][C@H]1CC[C@](C)(C2CCC(c3ccc(C#N)c(F)c3)CC2)CC1. The highest BCUT2D eigenvalue weighted by Crippen LogP contribution is 2.52. The molecule has 24 heavy (non-hydrogen) atoms. The molecule has 2 aliphatic carbocycles. The van der Waals surface area contributed by atoms with Crippen molar-refractivity contribution in [3.8, 4) is 6.07 Å². The zero-order valence-electron chi connectivity index (χ0n) is 15.2. The first kappa shape index (κ1) is 17.7. The van der Waals surface area contributed by atoms with E-state index in [2.05, 4.69) is 13.5 Å². The lowest BCUT2D eigenvalue weighted by atomic mass is 9.61. The molecule has 0 unspecified atom stereocenters. The lowest BCUT2D eigenvalue weighted by Crippen LogP contribution is -2.34. The predicted molar refractivity (Wildman–Crippen MR) is 101 cm³/mol. The van der Waals surface area contributed by atoms with Crippen molar-refractivity contribution < 1.29 is 4.39 Å². The van der Waals surface area contributed by atoms with E-state index in [4.69, 9.17) is 5.26 Å². The number of nitriles is 1. The van der Waals surface area contributed by atoms with Crippen LogP contribution in [0.4, 0.5) is 4.39 Å². The molecule has 0 heterocycles. The summed E-state index contributed by atoms with van der Waals surface area (Å²) in [5, 5.41) is 8.88. The molecule has 0 saturated heterocycles. The second-order valence-corrected chi connectivity index (χ2v) is 10.4. The van der Waals surface area contributed by atoms with Crippen LogP contribution in [0.25, 0.3) is 0 Å². The molecule has 0 aromatic heterocycles. The highest BCUT2D eigenvalue weighted by molar-refractivity contribution is 6.35. The Kier molecular flexibility index (Phi) is 5.45. The Morgan fingerprint density at radius 1 is 1.12 bits per heavy atom. The van der Waals surface area contributed by atoms with E-state index in [0.29, 0.717) is 11.3 Å². The summed E-state index contributed by atoms with van der Waals surface area (Å²) in [6.45, 7) is 5.00. The van der Waals surface area contributed by atoms with Crippen LogP contribution in [-0.4, -0.2) is 9.52 Å². The van der Waals surface area contributed by atoms with Crippen molar-refractivity contribution in [1.82, 2.24) is 0 Å². The Bertz CT molecular complexity index is 605. The van der Waals surface area contributed by atoms with Crippen LogP contribution in [0.3, 0.4) is 0 Å². The van der Waals surface area contributed by atoms with Gasteiger partial charge in [-0.25, -0.2) is 4.39 Å². The summed E-state index contributed by atoms with van der Waals surface area (Å²) in [6.07, 6.45) is 10.7. The van der Waals surface area contributed by atoms with Crippen LogP contribution < -0.4 is 0 Å². The van der Waals surface area contributed by atoms with E-state index < -0.39 is 0 Å². The molecule has 130 valence electrons. The first-order valence-electron chi connectivity index (χ1n) is 9.75. The zero-order valence-corrected chi connectivity index (χ0v) is 16.6. The van der Waals surface area contributed by atoms with Gasteiger partial charge in [0.2, 0.25) is 0 Å². The minimum atomic E-state index is -0.355. The second-order valence-electron chi connectivity index (χ2n) is 8.41. The van der Waals surface area contributed by atoms with Crippen molar-refractivity contribution in [2.45, 2.75) is 76.3 Å². The van der Waals surface area contributed by atoms with E-state index in [1.54, 1.807) is 12.1 Å². The minimum absolute atomic E-state index is 0.163. The third-order valence-corrected chi connectivity index (χ3v) is 9.09. The number of rotatable bonds is 3. The van der Waals surface area contributed by atoms with Crippen molar-refractivity contribution >= 4 is 9.52 Å². The zero-order chi connectivity index (χ0) is 17.2. The number of hydrogen-bond donors (Lipinski definition) is 0. The Balaban J connectivity index is 1.60. The van der Waals surface area contributed by atoms with Crippen LogP contribution in [0.1, 0.15) is 75.3 Å².